The molecule has 1 amide bonds. The summed E-state index contributed by atoms with van der Waals surface area (Å²) in [6.07, 6.45) is 0.442. The summed E-state index contributed by atoms with van der Waals surface area (Å²) in [7, 11) is 6.18. The van der Waals surface area contributed by atoms with E-state index in [0.29, 0.717) is 22.8 Å². The summed E-state index contributed by atoms with van der Waals surface area (Å²) in [5.41, 5.74) is 0.539. The molecule has 0 saturated heterocycles. The van der Waals surface area contributed by atoms with Crippen molar-refractivity contribution in [1.29, 1.82) is 0 Å². The van der Waals surface area contributed by atoms with E-state index in [9.17, 15) is 14.7 Å². The van der Waals surface area contributed by atoms with Crippen LogP contribution in [0.4, 0.5) is 0 Å². The molecule has 3 rings (SSSR count). The Kier molecular flexibility index (Phi) is 5.97. The van der Waals surface area contributed by atoms with Crippen molar-refractivity contribution in [1.82, 2.24) is 14.1 Å². The van der Waals surface area contributed by atoms with Gasteiger partial charge in [-0.1, -0.05) is 6.92 Å². The van der Waals surface area contributed by atoms with Gasteiger partial charge in [-0.15, -0.1) is 0 Å². The minimum atomic E-state index is -0.518. The number of carbonyl (C=O) groups excluding carboxylic acids is 1. The average Bonchev–Trinajstić information content (AvgIpc) is 3.20. The number of amides is 1. The molecule has 1 aromatic carbocycles. The fourth-order valence-electron chi connectivity index (χ4n) is 3.48. The summed E-state index contributed by atoms with van der Waals surface area (Å²) in [6.45, 7) is 1.73. The predicted octanol–water partition coefficient (Wildman–Crippen LogP) is 2.26. The fraction of sp³-hybridized carbons (Fsp3) is 0.400. The normalized spacial score (nSPS) is 15.8. The number of benzene rings is 1. The van der Waals surface area contributed by atoms with Crippen LogP contribution < -0.4 is 15.0 Å². The van der Waals surface area contributed by atoms with E-state index < -0.39 is 11.6 Å². The molecule has 160 valence electrons. The van der Waals surface area contributed by atoms with Gasteiger partial charge in [-0.25, -0.2) is 5.01 Å². The van der Waals surface area contributed by atoms with E-state index in [0.717, 1.165) is 0 Å². The molecular formula is C20H24N4O5S. The molecule has 1 aliphatic heterocycles. The van der Waals surface area contributed by atoms with E-state index in [1.165, 1.54) is 28.3 Å². The molecule has 30 heavy (non-hydrogen) atoms. The first kappa shape index (κ1) is 21.6. The Morgan fingerprint density at radius 3 is 2.57 bits per heavy atom. The standard InChI is InChI=1S/C20H24N4O5S/c1-6-16(25)24-14(12-9-11(28-4)7-8-15(12)29-5)10-13(21-24)17-18(26)22(2)20(30)23(3)19(17)27/h7-9,14,26H,6,10H2,1-5H3/t14-/m0/s1. The second-order valence-electron chi connectivity index (χ2n) is 6.87. The highest BCUT2D eigenvalue weighted by Crippen LogP contribution is 2.39. The van der Waals surface area contributed by atoms with Gasteiger partial charge in [-0.05, 0) is 30.4 Å². The molecule has 1 aromatic heterocycles. The van der Waals surface area contributed by atoms with E-state index in [1.54, 1.807) is 39.3 Å². The number of hydrogen-bond donors (Lipinski definition) is 1. The number of nitrogens with zero attached hydrogens (tertiary/aromatic N) is 4. The van der Waals surface area contributed by atoms with E-state index in [4.69, 9.17) is 21.7 Å². The number of methoxy groups -OCH3 is 2. The molecule has 0 unspecified atom stereocenters. The van der Waals surface area contributed by atoms with Crippen LogP contribution in [0.2, 0.25) is 0 Å². The number of rotatable bonds is 5. The highest BCUT2D eigenvalue weighted by atomic mass is 32.1. The van der Waals surface area contributed by atoms with Crippen molar-refractivity contribution in [3.63, 3.8) is 0 Å². The van der Waals surface area contributed by atoms with Crippen molar-refractivity contribution in [2.24, 2.45) is 19.2 Å². The molecule has 1 N–H and O–H groups in total. The lowest BCUT2D eigenvalue weighted by Gasteiger charge is -2.23. The molecule has 1 aliphatic rings. The third kappa shape index (κ3) is 3.47. The molecule has 9 nitrogen and oxygen atoms in total. The van der Waals surface area contributed by atoms with Crippen molar-refractivity contribution in [2.45, 2.75) is 25.8 Å². The maximum absolute atomic E-state index is 12.9. The van der Waals surface area contributed by atoms with Gasteiger partial charge in [0.05, 0.1) is 26.0 Å². The number of carbonyl (C=O) groups is 1. The van der Waals surface area contributed by atoms with Crippen LogP contribution in [-0.4, -0.2) is 45.1 Å². The van der Waals surface area contributed by atoms with Crippen LogP contribution in [0.25, 0.3) is 0 Å². The van der Waals surface area contributed by atoms with Crippen LogP contribution in [0.3, 0.4) is 0 Å². The van der Waals surface area contributed by atoms with Crippen LogP contribution in [0, 0.1) is 4.77 Å². The first-order valence-corrected chi connectivity index (χ1v) is 9.76. The fourth-order valence-corrected chi connectivity index (χ4v) is 3.65. The molecule has 0 fully saturated rings. The summed E-state index contributed by atoms with van der Waals surface area (Å²) in [5, 5.41) is 16.4. The average molecular weight is 433 g/mol. The highest BCUT2D eigenvalue weighted by molar-refractivity contribution is 7.71. The molecule has 2 heterocycles. The molecule has 1 atom stereocenters. The van der Waals surface area contributed by atoms with Gasteiger partial charge in [0, 0.05) is 32.5 Å². The SMILES string of the molecule is CCC(=O)N1N=C(c2c(O)n(C)c(=S)n(C)c2=O)C[C@H]1c1cc(OC)ccc1OC. The van der Waals surface area contributed by atoms with Gasteiger partial charge in [0.1, 0.15) is 17.1 Å². The first-order valence-electron chi connectivity index (χ1n) is 9.35. The Hall–Kier alpha value is -3.14. The Labute approximate surface area is 178 Å². The number of ether oxygens (including phenoxy) is 2. The molecular weight excluding hydrogens is 408 g/mol. The van der Waals surface area contributed by atoms with Gasteiger partial charge < -0.3 is 14.6 Å². The second-order valence-corrected chi connectivity index (χ2v) is 7.24. The van der Waals surface area contributed by atoms with Crippen molar-refractivity contribution >= 4 is 23.8 Å². The lowest BCUT2D eigenvalue weighted by atomic mass is 9.98. The quantitative estimate of drug-likeness (QED) is 0.728. The molecule has 2 aromatic rings. The summed E-state index contributed by atoms with van der Waals surface area (Å²) in [6, 6.07) is 4.77. The Balaban J connectivity index is 2.18. The Bertz CT molecular complexity index is 1150. The molecule has 0 bridgehead atoms. The summed E-state index contributed by atoms with van der Waals surface area (Å²) >= 11 is 5.18. The lowest BCUT2D eigenvalue weighted by Crippen LogP contribution is -2.28. The number of hydrogen-bond acceptors (Lipinski definition) is 7. The molecule has 10 heteroatoms. The monoisotopic (exact) mass is 432 g/mol. The Morgan fingerprint density at radius 2 is 1.97 bits per heavy atom. The van der Waals surface area contributed by atoms with Crippen LogP contribution in [0.1, 0.15) is 36.9 Å². The second kappa shape index (κ2) is 8.31. The highest BCUT2D eigenvalue weighted by Gasteiger charge is 2.36. The topological polar surface area (TPSA) is 98.3 Å². The molecule has 0 saturated carbocycles. The van der Waals surface area contributed by atoms with Gasteiger partial charge >= 0.3 is 0 Å². The minimum absolute atomic E-state index is 0.0202. The van der Waals surface area contributed by atoms with Gasteiger partial charge in [-0.2, -0.15) is 5.10 Å². The van der Waals surface area contributed by atoms with Crippen LogP contribution >= 0.6 is 12.2 Å². The zero-order valence-corrected chi connectivity index (χ0v) is 18.3. The number of hydrazone groups is 1. The Morgan fingerprint density at radius 1 is 1.27 bits per heavy atom. The zero-order chi connectivity index (χ0) is 22.2. The predicted molar refractivity (Wildman–Crippen MR) is 114 cm³/mol. The first-order chi connectivity index (χ1) is 14.2. The number of aromatic hydroxyl groups is 1. The van der Waals surface area contributed by atoms with Crippen molar-refractivity contribution in [3.05, 3.63) is 44.5 Å². The maximum atomic E-state index is 12.9. The molecule has 0 aliphatic carbocycles. The largest absolute Gasteiger partial charge is 0.497 e. The third-order valence-electron chi connectivity index (χ3n) is 5.19. The third-order valence-corrected chi connectivity index (χ3v) is 5.73. The van der Waals surface area contributed by atoms with Gasteiger partial charge in [0.2, 0.25) is 11.8 Å². The van der Waals surface area contributed by atoms with Crippen molar-refractivity contribution in [3.8, 4) is 17.4 Å². The van der Waals surface area contributed by atoms with Gasteiger partial charge in [0.15, 0.2) is 4.77 Å². The van der Waals surface area contributed by atoms with E-state index in [-0.39, 0.29) is 35.0 Å². The maximum Gasteiger partial charge on any atom is 0.267 e. The molecule has 0 spiro atoms. The van der Waals surface area contributed by atoms with Crippen LogP contribution in [-0.2, 0) is 18.9 Å². The van der Waals surface area contributed by atoms with Crippen LogP contribution in [0.5, 0.6) is 17.4 Å². The summed E-state index contributed by atoms with van der Waals surface area (Å²) in [5.74, 6) is 0.656. The summed E-state index contributed by atoms with van der Waals surface area (Å²) < 4.78 is 13.6. The van der Waals surface area contributed by atoms with Gasteiger partial charge in [0.25, 0.3) is 5.56 Å². The van der Waals surface area contributed by atoms with E-state index in [1.807, 2.05) is 0 Å². The van der Waals surface area contributed by atoms with E-state index in [2.05, 4.69) is 5.10 Å². The van der Waals surface area contributed by atoms with Crippen LogP contribution in [0.15, 0.2) is 28.1 Å². The summed E-state index contributed by atoms with van der Waals surface area (Å²) in [4.78, 5) is 25.5. The van der Waals surface area contributed by atoms with Gasteiger partial charge in [-0.3, -0.25) is 18.7 Å². The smallest absolute Gasteiger partial charge is 0.267 e. The van der Waals surface area contributed by atoms with Crippen molar-refractivity contribution < 1.29 is 19.4 Å². The minimum Gasteiger partial charge on any atom is -0.497 e. The number of aromatic nitrogens is 2. The van der Waals surface area contributed by atoms with Crippen molar-refractivity contribution in [2.75, 3.05) is 14.2 Å². The zero-order valence-electron chi connectivity index (χ0n) is 17.5. The van der Waals surface area contributed by atoms with E-state index >= 15 is 0 Å². The lowest BCUT2D eigenvalue weighted by molar-refractivity contribution is -0.132. The molecule has 0 radical (unpaired) electrons.